The van der Waals surface area contributed by atoms with Gasteiger partial charge in [0, 0.05) is 0 Å². The molecular weight excluding hydrogens is 330 g/mol. The third kappa shape index (κ3) is 6.21. The molecule has 2 aromatic rings. The van der Waals surface area contributed by atoms with E-state index in [1.165, 1.54) is 18.3 Å². The van der Waals surface area contributed by atoms with Crippen molar-refractivity contribution in [3.8, 4) is 11.5 Å². The van der Waals surface area contributed by atoms with Crippen LogP contribution in [0.2, 0.25) is 0 Å². The van der Waals surface area contributed by atoms with Crippen LogP contribution in [0.3, 0.4) is 0 Å². The fraction of sp³-hybridized carbons (Fsp3) is 0.222. The molecule has 0 atom stereocenters. The Morgan fingerprint density at radius 2 is 1.92 bits per heavy atom. The predicted molar refractivity (Wildman–Crippen MR) is 90.2 cm³/mol. The Balaban J connectivity index is 1.81. The molecule has 0 bridgehead atoms. The fourth-order valence-corrected chi connectivity index (χ4v) is 1.95. The summed E-state index contributed by atoms with van der Waals surface area (Å²) in [6.07, 6.45) is 1.39. The zero-order chi connectivity index (χ0) is 18.2. The van der Waals surface area contributed by atoms with E-state index in [0.29, 0.717) is 11.3 Å². The third-order valence-corrected chi connectivity index (χ3v) is 3.21. The molecule has 0 heterocycles. The van der Waals surface area contributed by atoms with Gasteiger partial charge in [0.25, 0.3) is 5.91 Å². The maximum absolute atomic E-state index is 12.0. The molecule has 5 nitrogen and oxygen atoms in total. The number of aryl methyl sites for hydroxylation is 2. The standard InChI is InChI=1S/C18H18F2N2O3/c1-12-3-4-13(2)16(9-12)24-11-17(23)22-21-10-14-5-7-15(8-6-14)25-18(19)20/h3-10,18H,11H2,1-2H3,(H,22,23)/b21-10-. The Bertz CT molecular complexity index is 746. The van der Waals surface area contributed by atoms with E-state index in [9.17, 15) is 13.6 Å². The van der Waals surface area contributed by atoms with Crippen molar-refractivity contribution in [2.24, 2.45) is 5.10 Å². The molecule has 0 unspecified atom stereocenters. The molecule has 0 aliphatic carbocycles. The molecular formula is C18H18F2N2O3. The molecule has 2 rings (SSSR count). The van der Waals surface area contributed by atoms with Crippen molar-refractivity contribution >= 4 is 12.1 Å². The van der Waals surface area contributed by atoms with E-state index >= 15 is 0 Å². The van der Waals surface area contributed by atoms with Gasteiger partial charge < -0.3 is 9.47 Å². The van der Waals surface area contributed by atoms with Gasteiger partial charge >= 0.3 is 6.61 Å². The number of hydrogen-bond donors (Lipinski definition) is 1. The van der Waals surface area contributed by atoms with E-state index in [-0.39, 0.29) is 12.4 Å². The van der Waals surface area contributed by atoms with Gasteiger partial charge in [-0.05, 0) is 60.9 Å². The van der Waals surface area contributed by atoms with Crippen LogP contribution in [0.25, 0.3) is 0 Å². The van der Waals surface area contributed by atoms with Crippen LogP contribution in [0.1, 0.15) is 16.7 Å². The number of carbonyl (C=O) groups is 1. The lowest BCUT2D eigenvalue weighted by Crippen LogP contribution is -2.24. The third-order valence-electron chi connectivity index (χ3n) is 3.21. The zero-order valence-corrected chi connectivity index (χ0v) is 13.8. The van der Waals surface area contributed by atoms with Gasteiger partial charge in [0.2, 0.25) is 0 Å². The minimum Gasteiger partial charge on any atom is -0.483 e. The monoisotopic (exact) mass is 348 g/mol. The zero-order valence-electron chi connectivity index (χ0n) is 13.8. The first-order valence-electron chi connectivity index (χ1n) is 7.51. The summed E-state index contributed by atoms with van der Waals surface area (Å²) >= 11 is 0. The van der Waals surface area contributed by atoms with E-state index in [4.69, 9.17) is 4.74 Å². The molecule has 0 aromatic heterocycles. The van der Waals surface area contributed by atoms with E-state index in [1.54, 1.807) is 12.1 Å². The van der Waals surface area contributed by atoms with Crippen molar-refractivity contribution in [1.29, 1.82) is 0 Å². The molecule has 132 valence electrons. The van der Waals surface area contributed by atoms with E-state index in [0.717, 1.165) is 11.1 Å². The summed E-state index contributed by atoms with van der Waals surface area (Å²) in [5.74, 6) is 0.293. The van der Waals surface area contributed by atoms with Crippen LogP contribution < -0.4 is 14.9 Å². The second-order valence-corrected chi connectivity index (χ2v) is 5.30. The Morgan fingerprint density at radius 3 is 2.60 bits per heavy atom. The number of rotatable bonds is 7. The second kappa shape index (κ2) is 8.77. The van der Waals surface area contributed by atoms with Crippen LogP contribution in [-0.4, -0.2) is 25.3 Å². The molecule has 25 heavy (non-hydrogen) atoms. The summed E-state index contributed by atoms with van der Waals surface area (Å²) in [5, 5.41) is 3.79. The van der Waals surface area contributed by atoms with Gasteiger partial charge in [-0.2, -0.15) is 13.9 Å². The van der Waals surface area contributed by atoms with Gasteiger partial charge in [-0.1, -0.05) is 12.1 Å². The van der Waals surface area contributed by atoms with E-state index in [2.05, 4.69) is 15.3 Å². The quantitative estimate of drug-likeness (QED) is 0.616. The smallest absolute Gasteiger partial charge is 0.387 e. The van der Waals surface area contributed by atoms with Gasteiger partial charge in [-0.3, -0.25) is 4.79 Å². The molecule has 7 heteroatoms. The van der Waals surface area contributed by atoms with Gasteiger partial charge in [0.05, 0.1) is 6.21 Å². The number of nitrogens with zero attached hydrogens (tertiary/aromatic N) is 1. The van der Waals surface area contributed by atoms with Gasteiger partial charge in [-0.25, -0.2) is 5.43 Å². The Morgan fingerprint density at radius 1 is 1.20 bits per heavy atom. The molecule has 0 saturated heterocycles. The fourth-order valence-electron chi connectivity index (χ4n) is 1.95. The molecule has 1 amide bonds. The average Bonchev–Trinajstić information content (AvgIpc) is 2.57. The Hall–Kier alpha value is -2.96. The van der Waals surface area contributed by atoms with Crippen molar-refractivity contribution in [2.75, 3.05) is 6.61 Å². The van der Waals surface area contributed by atoms with Crippen molar-refractivity contribution in [3.63, 3.8) is 0 Å². The van der Waals surface area contributed by atoms with E-state index < -0.39 is 12.5 Å². The molecule has 0 aliphatic heterocycles. The number of hydrazone groups is 1. The second-order valence-electron chi connectivity index (χ2n) is 5.30. The lowest BCUT2D eigenvalue weighted by molar-refractivity contribution is -0.123. The van der Waals surface area contributed by atoms with Crippen molar-refractivity contribution in [3.05, 3.63) is 59.2 Å². The molecule has 0 saturated carbocycles. The SMILES string of the molecule is Cc1ccc(C)c(OCC(=O)N/N=C\c2ccc(OC(F)F)cc2)c1. The van der Waals surface area contributed by atoms with Gasteiger partial charge in [0.1, 0.15) is 11.5 Å². The summed E-state index contributed by atoms with van der Waals surface area (Å²) in [5.41, 5.74) is 4.94. The number of carbonyl (C=O) groups excluding carboxylic acids is 1. The molecule has 1 N–H and O–H groups in total. The Labute approximate surface area is 144 Å². The largest absolute Gasteiger partial charge is 0.483 e. The topological polar surface area (TPSA) is 59.9 Å². The van der Waals surface area contributed by atoms with Crippen LogP contribution in [0.15, 0.2) is 47.6 Å². The first-order valence-corrected chi connectivity index (χ1v) is 7.51. The molecule has 0 radical (unpaired) electrons. The average molecular weight is 348 g/mol. The number of nitrogens with one attached hydrogen (secondary N) is 1. The first-order chi connectivity index (χ1) is 11.9. The normalized spacial score (nSPS) is 10.9. The number of alkyl halides is 2. The summed E-state index contributed by atoms with van der Waals surface area (Å²) < 4.78 is 33.8. The van der Waals surface area contributed by atoms with Crippen LogP contribution in [0.5, 0.6) is 11.5 Å². The molecule has 0 spiro atoms. The van der Waals surface area contributed by atoms with Crippen LogP contribution in [-0.2, 0) is 4.79 Å². The van der Waals surface area contributed by atoms with Crippen LogP contribution in [0.4, 0.5) is 8.78 Å². The summed E-state index contributed by atoms with van der Waals surface area (Å²) in [6.45, 7) is 0.805. The number of hydrogen-bond acceptors (Lipinski definition) is 4. The number of amides is 1. The summed E-state index contributed by atoms with van der Waals surface area (Å²) in [7, 11) is 0. The highest BCUT2D eigenvalue weighted by atomic mass is 19.3. The minimum atomic E-state index is -2.86. The van der Waals surface area contributed by atoms with Gasteiger partial charge in [0.15, 0.2) is 6.61 Å². The van der Waals surface area contributed by atoms with Crippen molar-refractivity contribution in [2.45, 2.75) is 20.5 Å². The summed E-state index contributed by atoms with van der Waals surface area (Å²) in [4.78, 5) is 11.7. The van der Waals surface area contributed by atoms with Crippen LogP contribution in [0, 0.1) is 13.8 Å². The Kier molecular flexibility index (Phi) is 6.45. The first kappa shape index (κ1) is 18.4. The molecule has 0 aliphatic rings. The number of benzene rings is 2. The maximum Gasteiger partial charge on any atom is 0.387 e. The highest BCUT2D eigenvalue weighted by Crippen LogP contribution is 2.18. The van der Waals surface area contributed by atoms with Crippen LogP contribution >= 0.6 is 0 Å². The highest BCUT2D eigenvalue weighted by Gasteiger charge is 2.05. The summed E-state index contributed by atoms with van der Waals surface area (Å²) in [6, 6.07) is 11.6. The molecule has 0 fully saturated rings. The maximum atomic E-state index is 12.0. The predicted octanol–water partition coefficient (Wildman–Crippen LogP) is 3.43. The number of halogens is 2. The highest BCUT2D eigenvalue weighted by molar-refractivity contribution is 5.83. The lowest BCUT2D eigenvalue weighted by atomic mass is 10.1. The van der Waals surface area contributed by atoms with E-state index in [1.807, 2.05) is 32.0 Å². The van der Waals surface area contributed by atoms with Crippen molar-refractivity contribution in [1.82, 2.24) is 5.43 Å². The lowest BCUT2D eigenvalue weighted by Gasteiger charge is -2.08. The number of ether oxygens (including phenoxy) is 2. The van der Waals surface area contributed by atoms with Gasteiger partial charge in [-0.15, -0.1) is 0 Å². The minimum absolute atomic E-state index is 0.0538. The van der Waals surface area contributed by atoms with Crippen molar-refractivity contribution < 1.29 is 23.0 Å². The molecule has 2 aromatic carbocycles.